The van der Waals surface area contributed by atoms with Crippen molar-refractivity contribution in [2.45, 2.75) is 13.8 Å². The highest BCUT2D eigenvalue weighted by atomic mass is 16.5. The minimum atomic E-state index is -0.405. The highest BCUT2D eigenvalue weighted by Gasteiger charge is 2.16. The van der Waals surface area contributed by atoms with Gasteiger partial charge in [0.2, 0.25) is 0 Å². The van der Waals surface area contributed by atoms with Crippen molar-refractivity contribution in [3.05, 3.63) is 30.3 Å². The first kappa shape index (κ1) is 15.0. The van der Waals surface area contributed by atoms with Crippen LogP contribution >= 0.6 is 0 Å². The second-order valence-electron chi connectivity index (χ2n) is 3.81. The molecule has 0 aliphatic heterocycles. The van der Waals surface area contributed by atoms with Gasteiger partial charge in [0.25, 0.3) is 5.91 Å². The summed E-state index contributed by atoms with van der Waals surface area (Å²) in [5.74, 6) is -0.0140. The van der Waals surface area contributed by atoms with Crippen molar-refractivity contribution < 1.29 is 19.1 Å². The Morgan fingerprint density at radius 1 is 1.16 bits per heavy atom. The largest absolute Gasteiger partial charge is 0.484 e. The number of amides is 1. The van der Waals surface area contributed by atoms with E-state index in [0.29, 0.717) is 18.9 Å². The molecule has 5 nitrogen and oxygen atoms in total. The molecule has 104 valence electrons. The smallest absolute Gasteiger partial charge is 0.325 e. The van der Waals surface area contributed by atoms with E-state index < -0.39 is 5.97 Å². The molecule has 0 aliphatic rings. The van der Waals surface area contributed by atoms with Crippen LogP contribution in [0.1, 0.15) is 13.8 Å². The van der Waals surface area contributed by atoms with Crippen LogP contribution in [-0.2, 0) is 14.3 Å². The number of esters is 1. The molecule has 0 aromatic heterocycles. The number of rotatable bonds is 7. The van der Waals surface area contributed by atoms with Crippen LogP contribution in [0.2, 0.25) is 0 Å². The Morgan fingerprint density at radius 2 is 1.84 bits per heavy atom. The van der Waals surface area contributed by atoms with E-state index in [9.17, 15) is 9.59 Å². The quantitative estimate of drug-likeness (QED) is 0.701. The molecule has 1 amide bonds. The van der Waals surface area contributed by atoms with E-state index in [2.05, 4.69) is 0 Å². The number of likely N-dealkylation sites (N-methyl/N-ethyl adjacent to an activating group) is 1. The maximum Gasteiger partial charge on any atom is 0.325 e. The lowest BCUT2D eigenvalue weighted by molar-refractivity contribution is -0.149. The van der Waals surface area contributed by atoms with Crippen LogP contribution in [0, 0.1) is 0 Å². The minimum absolute atomic E-state index is 0.0404. The van der Waals surface area contributed by atoms with Crippen LogP contribution in [0.15, 0.2) is 30.3 Å². The van der Waals surface area contributed by atoms with Gasteiger partial charge in [0.15, 0.2) is 6.61 Å². The van der Waals surface area contributed by atoms with Crippen molar-refractivity contribution in [1.82, 2.24) is 4.90 Å². The molecule has 0 atom stereocenters. The first-order chi connectivity index (χ1) is 9.17. The van der Waals surface area contributed by atoms with Crippen LogP contribution in [-0.4, -0.2) is 43.1 Å². The molecule has 0 heterocycles. The number of hydrogen-bond donors (Lipinski definition) is 0. The van der Waals surface area contributed by atoms with Crippen molar-refractivity contribution in [2.24, 2.45) is 0 Å². The van der Waals surface area contributed by atoms with E-state index in [1.54, 1.807) is 26.0 Å². The van der Waals surface area contributed by atoms with E-state index in [1.165, 1.54) is 4.90 Å². The van der Waals surface area contributed by atoms with Gasteiger partial charge in [0, 0.05) is 6.54 Å². The monoisotopic (exact) mass is 265 g/mol. The minimum Gasteiger partial charge on any atom is -0.484 e. The first-order valence-electron chi connectivity index (χ1n) is 6.28. The Balaban J connectivity index is 2.43. The maximum atomic E-state index is 11.9. The predicted octanol–water partition coefficient (Wildman–Crippen LogP) is 1.48. The van der Waals surface area contributed by atoms with Crippen molar-refractivity contribution in [3.8, 4) is 5.75 Å². The standard InChI is InChI=1S/C14H19NO4/c1-3-15(10-14(17)18-4-2)13(16)11-19-12-8-6-5-7-9-12/h5-9H,3-4,10-11H2,1-2H3. The summed E-state index contributed by atoms with van der Waals surface area (Å²) in [6, 6.07) is 9.07. The Bertz CT molecular complexity index is 405. The number of hydrogen-bond acceptors (Lipinski definition) is 4. The Kier molecular flexibility index (Phi) is 6.43. The van der Waals surface area contributed by atoms with E-state index in [0.717, 1.165) is 0 Å². The maximum absolute atomic E-state index is 11.9. The summed E-state index contributed by atoms with van der Waals surface area (Å²) in [5, 5.41) is 0. The molecule has 0 saturated carbocycles. The zero-order chi connectivity index (χ0) is 14.1. The predicted molar refractivity (Wildman–Crippen MR) is 70.8 cm³/mol. The molecule has 0 bridgehead atoms. The van der Waals surface area contributed by atoms with Gasteiger partial charge < -0.3 is 14.4 Å². The molecule has 1 aromatic carbocycles. The number of para-hydroxylation sites is 1. The van der Waals surface area contributed by atoms with Gasteiger partial charge in [-0.3, -0.25) is 9.59 Å². The molecular formula is C14H19NO4. The Hall–Kier alpha value is -2.04. The van der Waals surface area contributed by atoms with Gasteiger partial charge in [0.05, 0.1) is 6.61 Å². The second kappa shape index (κ2) is 8.13. The summed E-state index contributed by atoms with van der Waals surface area (Å²) in [4.78, 5) is 24.6. The zero-order valence-corrected chi connectivity index (χ0v) is 11.3. The van der Waals surface area contributed by atoms with Gasteiger partial charge >= 0.3 is 5.97 Å². The zero-order valence-electron chi connectivity index (χ0n) is 11.3. The molecule has 0 radical (unpaired) electrons. The second-order valence-corrected chi connectivity index (χ2v) is 3.81. The van der Waals surface area contributed by atoms with E-state index >= 15 is 0 Å². The molecule has 0 saturated heterocycles. The third-order valence-electron chi connectivity index (χ3n) is 2.47. The van der Waals surface area contributed by atoms with E-state index in [4.69, 9.17) is 9.47 Å². The molecule has 1 rings (SSSR count). The highest BCUT2D eigenvalue weighted by Crippen LogP contribution is 2.08. The molecule has 5 heteroatoms. The fraction of sp³-hybridized carbons (Fsp3) is 0.429. The lowest BCUT2D eigenvalue weighted by Crippen LogP contribution is -2.39. The molecule has 0 fully saturated rings. The van der Waals surface area contributed by atoms with Gasteiger partial charge in [-0.15, -0.1) is 0 Å². The van der Waals surface area contributed by atoms with Gasteiger partial charge in [-0.2, -0.15) is 0 Å². The van der Waals surface area contributed by atoms with Crippen LogP contribution < -0.4 is 4.74 Å². The van der Waals surface area contributed by atoms with Crippen molar-refractivity contribution in [2.75, 3.05) is 26.3 Å². The highest BCUT2D eigenvalue weighted by molar-refractivity contribution is 5.83. The summed E-state index contributed by atoms with van der Waals surface area (Å²) in [7, 11) is 0. The van der Waals surface area contributed by atoms with Crippen molar-refractivity contribution in [1.29, 1.82) is 0 Å². The fourth-order valence-electron chi connectivity index (χ4n) is 1.49. The number of ether oxygens (including phenoxy) is 2. The molecule has 0 N–H and O–H groups in total. The van der Waals surface area contributed by atoms with Crippen LogP contribution in [0.5, 0.6) is 5.75 Å². The molecule has 1 aromatic rings. The average molecular weight is 265 g/mol. The lowest BCUT2D eigenvalue weighted by atomic mass is 10.3. The third-order valence-corrected chi connectivity index (χ3v) is 2.47. The Morgan fingerprint density at radius 3 is 2.42 bits per heavy atom. The molecule has 0 unspecified atom stereocenters. The fourth-order valence-corrected chi connectivity index (χ4v) is 1.49. The van der Waals surface area contributed by atoms with Crippen LogP contribution in [0.3, 0.4) is 0 Å². The van der Waals surface area contributed by atoms with Crippen LogP contribution in [0.25, 0.3) is 0 Å². The average Bonchev–Trinajstić information content (AvgIpc) is 2.43. The summed E-state index contributed by atoms with van der Waals surface area (Å²) in [6.45, 7) is 4.16. The van der Waals surface area contributed by atoms with Crippen molar-refractivity contribution >= 4 is 11.9 Å². The number of benzene rings is 1. The van der Waals surface area contributed by atoms with Gasteiger partial charge in [0.1, 0.15) is 12.3 Å². The summed E-state index contributed by atoms with van der Waals surface area (Å²) >= 11 is 0. The summed E-state index contributed by atoms with van der Waals surface area (Å²) in [6.07, 6.45) is 0. The molecular weight excluding hydrogens is 246 g/mol. The molecule has 0 aliphatic carbocycles. The van der Waals surface area contributed by atoms with Gasteiger partial charge in [-0.05, 0) is 26.0 Å². The van der Waals surface area contributed by atoms with Crippen molar-refractivity contribution in [3.63, 3.8) is 0 Å². The number of nitrogens with zero attached hydrogens (tertiary/aromatic N) is 1. The topological polar surface area (TPSA) is 55.8 Å². The third kappa shape index (κ3) is 5.42. The normalized spacial score (nSPS) is 9.79. The first-order valence-corrected chi connectivity index (χ1v) is 6.28. The SMILES string of the molecule is CCOC(=O)CN(CC)C(=O)COc1ccccc1. The summed E-state index contributed by atoms with van der Waals surface area (Å²) < 4.78 is 10.2. The van der Waals surface area contributed by atoms with E-state index in [1.807, 2.05) is 18.2 Å². The number of carbonyl (C=O) groups excluding carboxylic acids is 2. The number of carbonyl (C=O) groups is 2. The molecule has 19 heavy (non-hydrogen) atoms. The van der Waals surface area contributed by atoms with E-state index in [-0.39, 0.29) is 19.1 Å². The van der Waals surface area contributed by atoms with Gasteiger partial charge in [-0.1, -0.05) is 18.2 Å². The summed E-state index contributed by atoms with van der Waals surface area (Å²) in [5.41, 5.74) is 0. The molecule has 0 spiro atoms. The van der Waals surface area contributed by atoms with Gasteiger partial charge in [-0.25, -0.2) is 0 Å². The lowest BCUT2D eigenvalue weighted by Gasteiger charge is -2.19. The Labute approximate surface area is 113 Å². The van der Waals surface area contributed by atoms with Crippen LogP contribution in [0.4, 0.5) is 0 Å².